The first-order chi connectivity index (χ1) is 20.2. The predicted molar refractivity (Wildman–Crippen MR) is 162 cm³/mol. The van der Waals surface area contributed by atoms with E-state index in [1.807, 2.05) is 56.3 Å². The number of methoxy groups -OCH3 is 1. The molecular weight excluding hydrogens is 554 g/mol. The molecule has 5 rings (SSSR count). The number of benzene rings is 3. The van der Waals surface area contributed by atoms with Crippen LogP contribution in [-0.2, 0) is 20.9 Å². The van der Waals surface area contributed by atoms with E-state index in [0.717, 1.165) is 45.1 Å². The Kier molecular flexibility index (Phi) is 8.44. The van der Waals surface area contributed by atoms with Crippen molar-refractivity contribution >= 4 is 57.5 Å². The molecule has 9 nitrogen and oxygen atoms in total. The Hall–Kier alpha value is -4.83. The van der Waals surface area contributed by atoms with Crippen LogP contribution in [0.15, 0.2) is 77.8 Å². The monoisotopic (exact) mass is 583 g/mol. The van der Waals surface area contributed by atoms with E-state index >= 15 is 0 Å². The quantitative estimate of drug-likeness (QED) is 0.196. The summed E-state index contributed by atoms with van der Waals surface area (Å²) in [6, 6.07) is 19.9. The Bertz CT molecular complexity index is 1720. The van der Waals surface area contributed by atoms with Gasteiger partial charge in [0.15, 0.2) is 0 Å². The van der Waals surface area contributed by atoms with Crippen molar-refractivity contribution in [2.45, 2.75) is 20.4 Å². The van der Waals surface area contributed by atoms with E-state index in [4.69, 9.17) is 9.47 Å². The molecule has 10 heteroatoms. The summed E-state index contributed by atoms with van der Waals surface area (Å²) in [4.78, 5) is 51.9. The number of rotatable bonds is 9. The normalized spacial score (nSPS) is 14.1. The maximum atomic E-state index is 13.2. The molecule has 0 saturated carbocycles. The molecule has 214 valence electrons. The molecule has 1 saturated heterocycles. The van der Waals surface area contributed by atoms with Gasteiger partial charge in [-0.2, -0.15) is 0 Å². The number of thioether (sulfide) groups is 1. The summed E-state index contributed by atoms with van der Waals surface area (Å²) < 4.78 is 12.4. The van der Waals surface area contributed by atoms with Gasteiger partial charge in [0.05, 0.1) is 24.1 Å². The number of hydrogen-bond donors (Lipinski definition) is 1. The number of amides is 3. The molecule has 1 aliphatic rings. The number of ether oxygens (including phenoxy) is 2. The lowest BCUT2D eigenvalue weighted by atomic mass is 10.1. The van der Waals surface area contributed by atoms with Crippen LogP contribution in [0.3, 0.4) is 0 Å². The van der Waals surface area contributed by atoms with Crippen molar-refractivity contribution in [2.24, 2.45) is 0 Å². The summed E-state index contributed by atoms with van der Waals surface area (Å²) >= 11 is 0.888. The Balaban J connectivity index is 1.28. The Labute approximate surface area is 247 Å². The van der Waals surface area contributed by atoms with Gasteiger partial charge < -0.3 is 19.4 Å². The Morgan fingerprint density at radius 3 is 2.52 bits per heavy atom. The zero-order valence-corrected chi connectivity index (χ0v) is 24.2. The number of aromatic nitrogens is 1. The van der Waals surface area contributed by atoms with Crippen LogP contribution < -0.4 is 10.1 Å². The van der Waals surface area contributed by atoms with Crippen molar-refractivity contribution in [1.29, 1.82) is 0 Å². The molecule has 0 aliphatic carbocycles. The molecule has 4 aromatic rings. The van der Waals surface area contributed by atoms with E-state index in [-0.39, 0.29) is 36.7 Å². The number of nitrogens with one attached hydrogen (secondary N) is 1. The van der Waals surface area contributed by atoms with Crippen LogP contribution in [0, 0.1) is 13.8 Å². The second-order valence-corrected chi connectivity index (χ2v) is 10.8. The molecule has 1 aromatic heterocycles. The van der Waals surface area contributed by atoms with E-state index in [0.29, 0.717) is 16.2 Å². The SMILES string of the molecule is COC(=O)c1ccc(NC(=O)Cn2cc(/C=C3\SC(=O)N(CCOc4cc(C)ccc4C)C3=O)c3ccccc32)cc1. The van der Waals surface area contributed by atoms with Crippen LogP contribution in [-0.4, -0.2) is 52.8 Å². The molecular formula is C32H29N3O6S. The first kappa shape index (κ1) is 28.7. The summed E-state index contributed by atoms with van der Waals surface area (Å²) in [5.41, 5.74) is 4.50. The lowest BCUT2D eigenvalue weighted by molar-refractivity contribution is -0.123. The fraction of sp³-hybridized carbons (Fsp3) is 0.188. The minimum atomic E-state index is -0.456. The van der Waals surface area contributed by atoms with Gasteiger partial charge in [-0.1, -0.05) is 30.3 Å². The van der Waals surface area contributed by atoms with Crippen molar-refractivity contribution in [3.05, 3.63) is 100 Å². The van der Waals surface area contributed by atoms with Crippen LogP contribution in [0.4, 0.5) is 10.5 Å². The van der Waals surface area contributed by atoms with E-state index < -0.39 is 5.97 Å². The highest BCUT2D eigenvalue weighted by atomic mass is 32.2. The van der Waals surface area contributed by atoms with E-state index in [1.165, 1.54) is 12.0 Å². The van der Waals surface area contributed by atoms with Crippen LogP contribution >= 0.6 is 11.8 Å². The predicted octanol–water partition coefficient (Wildman–Crippen LogP) is 5.80. The molecule has 2 heterocycles. The van der Waals surface area contributed by atoms with Crippen LogP contribution in [0.1, 0.15) is 27.0 Å². The average molecular weight is 584 g/mol. The molecule has 1 N–H and O–H groups in total. The lowest BCUT2D eigenvalue weighted by Gasteiger charge is -2.14. The first-order valence-corrected chi connectivity index (χ1v) is 14.1. The molecule has 3 amide bonds. The molecule has 0 unspecified atom stereocenters. The maximum absolute atomic E-state index is 13.2. The lowest BCUT2D eigenvalue weighted by Crippen LogP contribution is -2.32. The molecule has 1 fully saturated rings. The number of para-hydroxylation sites is 1. The maximum Gasteiger partial charge on any atom is 0.337 e. The molecule has 3 aromatic carbocycles. The number of aryl methyl sites for hydroxylation is 2. The number of hydrogen-bond acceptors (Lipinski definition) is 7. The van der Waals surface area contributed by atoms with E-state index in [9.17, 15) is 19.2 Å². The van der Waals surface area contributed by atoms with Gasteiger partial charge in [0.25, 0.3) is 11.1 Å². The number of carbonyl (C=O) groups excluding carboxylic acids is 4. The van der Waals surface area contributed by atoms with Gasteiger partial charge in [-0.25, -0.2) is 4.79 Å². The standard InChI is InChI=1S/C32H29N3O6S/c1-20-8-9-21(2)27(16-20)41-15-14-35-30(37)28(42-32(35)39)17-23-18-34(26-7-5-4-6-25(23)26)19-29(36)33-24-12-10-22(11-13-24)31(38)40-3/h4-13,16-18H,14-15,19H2,1-3H3,(H,33,36)/b28-17-. The van der Waals surface area contributed by atoms with E-state index in [1.54, 1.807) is 41.1 Å². The van der Waals surface area contributed by atoms with Gasteiger partial charge in [0.1, 0.15) is 18.9 Å². The van der Waals surface area contributed by atoms with Crippen LogP contribution in [0.5, 0.6) is 5.75 Å². The summed E-state index contributed by atoms with van der Waals surface area (Å²) in [7, 11) is 1.31. The third kappa shape index (κ3) is 6.23. The van der Waals surface area contributed by atoms with Crippen molar-refractivity contribution < 1.29 is 28.7 Å². The Morgan fingerprint density at radius 2 is 1.76 bits per heavy atom. The highest BCUT2D eigenvalue weighted by molar-refractivity contribution is 8.18. The van der Waals surface area contributed by atoms with E-state index in [2.05, 4.69) is 5.32 Å². The molecule has 0 spiro atoms. The number of fused-ring (bicyclic) bond motifs is 1. The minimum absolute atomic E-state index is 0.0182. The third-order valence-electron chi connectivity index (χ3n) is 6.80. The number of carbonyl (C=O) groups is 4. The number of imide groups is 1. The van der Waals surface area contributed by atoms with Crippen molar-refractivity contribution in [3.8, 4) is 5.75 Å². The summed E-state index contributed by atoms with van der Waals surface area (Å²) in [6.45, 7) is 4.27. The number of nitrogens with zero attached hydrogens (tertiary/aromatic N) is 2. The third-order valence-corrected chi connectivity index (χ3v) is 7.71. The Morgan fingerprint density at radius 1 is 1.00 bits per heavy atom. The van der Waals surface area contributed by atoms with Crippen LogP contribution in [0.25, 0.3) is 17.0 Å². The molecule has 0 atom stereocenters. The fourth-order valence-electron chi connectivity index (χ4n) is 4.63. The van der Waals surface area contributed by atoms with Gasteiger partial charge in [-0.3, -0.25) is 19.3 Å². The second kappa shape index (κ2) is 12.4. The largest absolute Gasteiger partial charge is 0.491 e. The molecule has 42 heavy (non-hydrogen) atoms. The molecule has 1 aliphatic heterocycles. The second-order valence-electron chi connectivity index (χ2n) is 9.80. The van der Waals surface area contributed by atoms with Crippen molar-refractivity contribution in [1.82, 2.24) is 9.47 Å². The molecule has 0 bridgehead atoms. The van der Waals surface area contributed by atoms with Gasteiger partial charge in [-0.15, -0.1) is 0 Å². The summed E-state index contributed by atoms with van der Waals surface area (Å²) in [5.74, 6) is -0.368. The smallest absolute Gasteiger partial charge is 0.337 e. The van der Waals surface area contributed by atoms with Gasteiger partial charge >= 0.3 is 5.97 Å². The topological polar surface area (TPSA) is 107 Å². The highest BCUT2D eigenvalue weighted by Gasteiger charge is 2.35. The zero-order chi connectivity index (χ0) is 29.8. The van der Waals surface area contributed by atoms with Crippen LogP contribution in [0.2, 0.25) is 0 Å². The summed E-state index contributed by atoms with van der Waals surface area (Å²) in [6.07, 6.45) is 3.49. The van der Waals surface area contributed by atoms with Gasteiger partial charge in [-0.05, 0) is 79.2 Å². The van der Waals surface area contributed by atoms with Gasteiger partial charge in [0.2, 0.25) is 5.91 Å². The minimum Gasteiger partial charge on any atom is -0.491 e. The number of anilines is 1. The van der Waals surface area contributed by atoms with Gasteiger partial charge in [0, 0.05) is 28.4 Å². The highest BCUT2D eigenvalue weighted by Crippen LogP contribution is 2.34. The fourth-order valence-corrected chi connectivity index (χ4v) is 5.48. The van der Waals surface area contributed by atoms with Crippen molar-refractivity contribution in [3.63, 3.8) is 0 Å². The number of esters is 1. The zero-order valence-electron chi connectivity index (χ0n) is 23.4. The summed E-state index contributed by atoms with van der Waals surface area (Å²) in [5, 5.41) is 3.32. The average Bonchev–Trinajstić information content (AvgIpc) is 3.46. The molecule has 0 radical (unpaired) electrons. The first-order valence-electron chi connectivity index (χ1n) is 13.2. The van der Waals surface area contributed by atoms with Crippen molar-refractivity contribution in [2.75, 3.05) is 25.6 Å².